The van der Waals surface area contributed by atoms with Crippen LogP contribution in [0.2, 0.25) is 0 Å². The number of anilines is 1. The molecule has 2 atom stereocenters. The van der Waals surface area contributed by atoms with E-state index in [1.165, 1.54) is 23.1 Å². The Balaban J connectivity index is 1.14. The predicted octanol–water partition coefficient (Wildman–Crippen LogP) is 5.55. The van der Waals surface area contributed by atoms with Gasteiger partial charge >= 0.3 is 6.18 Å². The highest BCUT2D eigenvalue weighted by atomic mass is 19.4. The van der Waals surface area contributed by atoms with Gasteiger partial charge in [0.25, 0.3) is 0 Å². The molecule has 0 bridgehead atoms. The van der Waals surface area contributed by atoms with Crippen molar-refractivity contribution in [2.75, 3.05) is 50.7 Å². The van der Waals surface area contributed by atoms with Gasteiger partial charge in [-0.2, -0.15) is 13.2 Å². The van der Waals surface area contributed by atoms with Crippen LogP contribution >= 0.6 is 0 Å². The number of aromatic amines is 1. The van der Waals surface area contributed by atoms with Crippen LogP contribution in [0.5, 0.6) is 0 Å². The van der Waals surface area contributed by atoms with Gasteiger partial charge in [0.1, 0.15) is 0 Å². The van der Waals surface area contributed by atoms with Crippen LogP contribution in [0.1, 0.15) is 44.2 Å². The first-order valence-corrected chi connectivity index (χ1v) is 14.9. The van der Waals surface area contributed by atoms with E-state index in [0.29, 0.717) is 49.7 Å². The zero-order valence-electron chi connectivity index (χ0n) is 24.1. The number of hydrogen-bond acceptors (Lipinski definition) is 4. The third-order valence-corrected chi connectivity index (χ3v) is 8.91. The Kier molecular flexibility index (Phi) is 9.24. The van der Waals surface area contributed by atoms with E-state index in [4.69, 9.17) is 0 Å². The van der Waals surface area contributed by atoms with E-state index in [9.17, 15) is 18.0 Å². The maximum atomic E-state index is 13.2. The van der Waals surface area contributed by atoms with Gasteiger partial charge in [-0.05, 0) is 75.4 Å². The molecule has 0 aliphatic carbocycles. The molecule has 1 aromatic heterocycles. The van der Waals surface area contributed by atoms with E-state index < -0.39 is 11.7 Å². The zero-order chi connectivity index (χ0) is 29.0. The third kappa shape index (κ3) is 7.25. The number of nitrogens with zero attached hydrogens (tertiary/aromatic N) is 3. The van der Waals surface area contributed by atoms with Gasteiger partial charge in [-0.15, -0.1) is 0 Å². The highest BCUT2D eigenvalue weighted by Gasteiger charge is 2.36. The first-order valence-electron chi connectivity index (χ1n) is 14.9. The van der Waals surface area contributed by atoms with Crippen molar-refractivity contribution in [1.82, 2.24) is 20.1 Å². The number of nitrogens with one attached hydrogen (secondary N) is 2. The number of halogens is 3. The Bertz CT molecular complexity index is 1300. The van der Waals surface area contributed by atoms with Crippen molar-refractivity contribution in [3.63, 3.8) is 0 Å². The summed E-state index contributed by atoms with van der Waals surface area (Å²) in [6.07, 6.45) is 0.869. The monoisotopic (exact) mass is 569 g/mol. The second kappa shape index (κ2) is 12.9. The smallest absolute Gasteiger partial charge is 0.369 e. The lowest BCUT2D eigenvalue weighted by molar-refractivity contribution is -0.137. The van der Waals surface area contributed by atoms with E-state index in [-0.39, 0.29) is 5.91 Å². The topological polar surface area (TPSA) is 54.6 Å². The Morgan fingerprint density at radius 3 is 2.59 bits per heavy atom. The summed E-state index contributed by atoms with van der Waals surface area (Å²) >= 11 is 0. The average Bonchev–Trinajstić information content (AvgIpc) is 3.38. The van der Waals surface area contributed by atoms with Crippen molar-refractivity contribution in [2.45, 2.75) is 57.8 Å². The van der Waals surface area contributed by atoms with Crippen LogP contribution in [0.4, 0.5) is 18.9 Å². The van der Waals surface area contributed by atoms with Gasteiger partial charge in [-0.1, -0.05) is 24.3 Å². The first kappa shape index (κ1) is 29.5. The van der Waals surface area contributed by atoms with Gasteiger partial charge in [0.15, 0.2) is 0 Å². The number of para-hydroxylation sites is 1. The highest BCUT2D eigenvalue weighted by molar-refractivity contribution is 5.83. The molecular formula is C32H42F3N5O. The third-order valence-electron chi connectivity index (χ3n) is 8.91. The molecule has 222 valence electrons. The highest BCUT2D eigenvalue weighted by Crippen LogP contribution is 2.33. The number of hydrogen-bond donors (Lipinski definition) is 2. The van der Waals surface area contributed by atoms with E-state index in [1.807, 2.05) is 18.3 Å². The van der Waals surface area contributed by atoms with E-state index >= 15 is 0 Å². The molecule has 2 N–H and O–H groups in total. The number of alkyl halides is 3. The van der Waals surface area contributed by atoms with Gasteiger partial charge in [0.2, 0.25) is 5.91 Å². The Hall–Kier alpha value is -3.04. The van der Waals surface area contributed by atoms with Crippen molar-refractivity contribution < 1.29 is 18.0 Å². The maximum Gasteiger partial charge on any atom is 0.416 e. The molecule has 0 saturated carbocycles. The van der Waals surface area contributed by atoms with Gasteiger partial charge in [0.05, 0.1) is 5.56 Å². The summed E-state index contributed by atoms with van der Waals surface area (Å²) in [4.78, 5) is 23.2. The van der Waals surface area contributed by atoms with Crippen molar-refractivity contribution in [1.29, 1.82) is 0 Å². The lowest BCUT2D eigenvalue weighted by Gasteiger charge is -2.48. The molecule has 3 aromatic rings. The van der Waals surface area contributed by atoms with Crippen LogP contribution < -0.4 is 10.2 Å². The number of amides is 1. The van der Waals surface area contributed by atoms with Crippen LogP contribution in [-0.4, -0.2) is 78.6 Å². The molecule has 0 spiro atoms. The number of benzene rings is 2. The summed E-state index contributed by atoms with van der Waals surface area (Å²) in [6, 6.07) is 14.7. The lowest BCUT2D eigenvalue weighted by Crippen LogP contribution is -2.57. The molecule has 2 aromatic carbocycles. The van der Waals surface area contributed by atoms with E-state index in [1.54, 1.807) is 6.07 Å². The molecule has 0 radical (unpaired) electrons. The molecule has 5 rings (SSSR count). The van der Waals surface area contributed by atoms with Gasteiger partial charge in [0, 0.05) is 80.6 Å². The average molecular weight is 570 g/mol. The molecule has 41 heavy (non-hydrogen) atoms. The molecule has 2 aliphatic rings. The number of H-pyrrole nitrogens is 1. The fraction of sp³-hybridized carbons (Fsp3) is 0.531. The second-order valence-corrected chi connectivity index (χ2v) is 11.8. The Morgan fingerprint density at radius 2 is 1.83 bits per heavy atom. The molecule has 2 fully saturated rings. The first-order chi connectivity index (χ1) is 19.7. The standard InChI is InChI=1S/C32H42F3N5O/c1-23(2)40-15-13-30(39-18-16-38(17-19-39)27-7-5-6-26(20-27)32(33,34)35)25(22-40)10-11-31(41)36-14-12-24-21-37-29-9-4-3-8-28(24)29/h3-9,20-21,23,25,30,37H,10-19,22H2,1-2H3,(H,36,41)/t25-,30+/m0/s1. The number of likely N-dealkylation sites (tertiary alicyclic amines) is 1. The van der Waals surface area contributed by atoms with Crippen molar-refractivity contribution in [3.8, 4) is 0 Å². The Labute approximate surface area is 240 Å². The molecule has 6 nitrogen and oxygen atoms in total. The normalized spacial score (nSPS) is 21.1. The minimum Gasteiger partial charge on any atom is -0.369 e. The SMILES string of the molecule is CC(C)N1CC[C@@H](N2CCN(c3cccc(C(F)(F)F)c3)CC2)[C@@H](CCC(=O)NCCc2c[nH]c3ccccc23)C1. The largest absolute Gasteiger partial charge is 0.416 e. The molecule has 2 aliphatic heterocycles. The van der Waals surface area contributed by atoms with Crippen LogP contribution in [0.25, 0.3) is 10.9 Å². The van der Waals surface area contributed by atoms with Gasteiger partial charge < -0.3 is 20.1 Å². The number of fused-ring (bicyclic) bond motifs is 1. The van der Waals surface area contributed by atoms with Crippen LogP contribution in [-0.2, 0) is 17.4 Å². The summed E-state index contributed by atoms with van der Waals surface area (Å²) in [5.41, 5.74) is 2.36. The number of piperidine rings is 1. The zero-order valence-corrected chi connectivity index (χ0v) is 24.1. The fourth-order valence-electron chi connectivity index (χ4n) is 6.55. The van der Waals surface area contributed by atoms with Crippen molar-refractivity contribution >= 4 is 22.5 Å². The summed E-state index contributed by atoms with van der Waals surface area (Å²) in [6.45, 7) is 10.1. The molecule has 3 heterocycles. The number of aromatic nitrogens is 1. The van der Waals surface area contributed by atoms with Crippen LogP contribution in [0.15, 0.2) is 54.7 Å². The van der Waals surface area contributed by atoms with Crippen LogP contribution in [0.3, 0.4) is 0 Å². The minimum atomic E-state index is -4.34. The van der Waals surface area contributed by atoms with Crippen molar-refractivity contribution in [3.05, 3.63) is 65.9 Å². The molecule has 0 unspecified atom stereocenters. The second-order valence-electron chi connectivity index (χ2n) is 11.8. The van der Waals surface area contributed by atoms with Gasteiger partial charge in [-0.25, -0.2) is 0 Å². The van der Waals surface area contributed by atoms with E-state index in [2.05, 4.69) is 51.0 Å². The molecule has 1 amide bonds. The predicted molar refractivity (Wildman–Crippen MR) is 158 cm³/mol. The number of carbonyl (C=O) groups excluding carboxylic acids is 1. The summed E-state index contributed by atoms with van der Waals surface area (Å²) in [5.74, 6) is 0.477. The fourth-order valence-corrected chi connectivity index (χ4v) is 6.55. The maximum absolute atomic E-state index is 13.2. The van der Waals surface area contributed by atoms with Gasteiger partial charge in [-0.3, -0.25) is 9.69 Å². The van der Waals surface area contributed by atoms with E-state index in [0.717, 1.165) is 57.0 Å². The summed E-state index contributed by atoms with van der Waals surface area (Å²) in [5, 5.41) is 4.33. The Morgan fingerprint density at radius 1 is 1.05 bits per heavy atom. The number of carbonyl (C=O) groups is 1. The molecular weight excluding hydrogens is 527 g/mol. The molecule has 9 heteroatoms. The quantitative estimate of drug-likeness (QED) is 0.355. The lowest BCUT2D eigenvalue weighted by atomic mass is 9.86. The summed E-state index contributed by atoms with van der Waals surface area (Å²) in [7, 11) is 0. The minimum absolute atomic E-state index is 0.0969. The summed E-state index contributed by atoms with van der Waals surface area (Å²) < 4.78 is 39.7. The molecule has 2 saturated heterocycles. The number of piperazine rings is 1. The van der Waals surface area contributed by atoms with Crippen LogP contribution in [0, 0.1) is 5.92 Å². The number of rotatable bonds is 9. The van der Waals surface area contributed by atoms with Crippen molar-refractivity contribution in [2.24, 2.45) is 5.92 Å².